The standard InChI is InChI=1S/C25H21ClN2O3.C17H14N2O/c1-17-10-13-23(22(27-17)12-11-18-6-4-7-19(26)16-18)31-15-5-14-28-24(29)20-8-2-3-9-21(20)25(28)30;1-12-3-2-4-15(18-12)8-5-13-6-9-16-14(11-13)7-10-17(20)19-16/h2-4,6-13,16H,5,14-15H2,1H3;2-4,6,9,11H,7,10H2,1H3,(H,19,20). The van der Waals surface area contributed by atoms with Crippen molar-refractivity contribution in [2.75, 3.05) is 18.5 Å². The van der Waals surface area contributed by atoms with Gasteiger partial charge in [0.15, 0.2) is 0 Å². The Kier molecular flexibility index (Phi) is 11.0. The topological polar surface area (TPSA) is 101 Å². The van der Waals surface area contributed by atoms with Crippen molar-refractivity contribution >= 4 is 47.2 Å². The van der Waals surface area contributed by atoms with Gasteiger partial charge in [-0.2, -0.15) is 0 Å². The van der Waals surface area contributed by atoms with Gasteiger partial charge < -0.3 is 10.1 Å². The third kappa shape index (κ3) is 8.96. The van der Waals surface area contributed by atoms with E-state index < -0.39 is 0 Å². The largest absolute Gasteiger partial charge is 0.491 e. The molecule has 51 heavy (non-hydrogen) atoms. The van der Waals surface area contributed by atoms with Gasteiger partial charge in [0.05, 0.1) is 17.7 Å². The molecule has 4 heterocycles. The van der Waals surface area contributed by atoms with E-state index in [0.29, 0.717) is 53.6 Å². The zero-order valence-corrected chi connectivity index (χ0v) is 29.0. The molecule has 254 valence electrons. The monoisotopic (exact) mass is 694 g/mol. The van der Waals surface area contributed by atoms with Crippen LogP contribution in [0.4, 0.5) is 5.69 Å². The van der Waals surface area contributed by atoms with Gasteiger partial charge in [-0.25, -0.2) is 9.97 Å². The summed E-state index contributed by atoms with van der Waals surface area (Å²) in [4.78, 5) is 46.4. The number of amides is 3. The molecule has 2 aliphatic heterocycles. The molecule has 3 aromatic carbocycles. The van der Waals surface area contributed by atoms with Crippen LogP contribution in [0.5, 0.6) is 5.75 Å². The first-order chi connectivity index (χ1) is 24.7. The smallest absolute Gasteiger partial charge is 0.261 e. The minimum atomic E-state index is -0.247. The van der Waals surface area contributed by atoms with E-state index in [2.05, 4.69) is 27.1 Å². The summed E-state index contributed by atoms with van der Waals surface area (Å²) in [5.41, 5.74) is 8.21. The number of halogens is 1. The lowest BCUT2D eigenvalue weighted by atomic mass is 10.0. The molecule has 0 unspecified atom stereocenters. The van der Waals surface area contributed by atoms with E-state index in [4.69, 9.17) is 16.3 Å². The predicted molar refractivity (Wildman–Crippen MR) is 200 cm³/mol. The van der Waals surface area contributed by atoms with Gasteiger partial charge in [0.25, 0.3) is 11.8 Å². The fourth-order valence-corrected chi connectivity index (χ4v) is 5.85. The van der Waals surface area contributed by atoms with Crippen molar-refractivity contribution in [1.29, 1.82) is 0 Å². The number of imide groups is 1. The maximum absolute atomic E-state index is 12.4. The number of hydrogen-bond acceptors (Lipinski definition) is 6. The highest BCUT2D eigenvalue weighted by molar-refractivity contribution is 6.30. The third-order valence-corrected chi connectivity index (χ3v) is 8.43. The Labute approximate surface area is 302 Å². The second-order valence-electron chi connectivity index (χ2n) is 12.1. The molecule has 9 heteroatoms. The number of aryl methyl sites for hydroxylation is 3. The molecule has 0 saturated heterocycles. The van der Waals surface area contributed by atoms with Crippen LogP contribution >= 0.6 is 11.6 Å². The number of nitrogens with one attached hydrogen (secondary N) is 1. The fraction of sp³-hybridized carbons (Fsp3) is 0.167. The van der Waals surface area contributed by atoms with E-state index in [1.165, 1.54) is 4.90 Å². The van der Waals surface area contributed by atoms with Crippen LogP contribution in [0, 0.1) is 25.7 Å². The Morgan fingerprint density at radius 1 is 0.804 bits per heavy atom. The van der Waals surface area contributed by atoms with Crippen molar-refractivity contribution < 1.29 is 19.1 Å². The van der Waals surface area contributed by atoms with Gasteiger partial charge in [-0.05, 0) is 117 Å². The third-order valence-electron chi connectivity index (χ3n) is 8.19. The molecule has 1 N–H and O–H groups in total. The fourth-order valence-electron chi connectivity index (χ4n) is 5.65. The molecule has 7 rings (SSSR count). The van der Waals surface area contributed by atoms with E-state index in [0.717, 1.165) is 45.9 Å². The highest BCUT2D eigenvalue weighted by Gasteiger charge is 2.34. The van der Waals surface area contributed by atoms with Crippen LogP contribution < -0.4 is 10.1 Å². The summed E-state index contributed by atoms with van der Waals surface area (Å²) in [6.07, 6.45) is 5.66. The SMILES string of the molecule is Cc1ccc(OCCCN2C(=O)c3ccccc3C2=O)c(C=Cc2cccc(Cl)c2)n1.Cc1cccc(C#Cc2ccc3c(c2)CCC(=O)N3)n1. The second-order valence-corrected chi connectivity index (χ2v) is 12.5. The van der Waals surface area contributed by atoms with Crippen LogP contribution in [0.15, 0.2) is 97.1 Å². The van der Waals surface area contributed by atoms with Crippen molar-refractivity contribution in [3.8, 4) is 17.6 Å². The van der Waals surface area contributed by atoms with Gasteiger partial charge in [0.1, 0.15) is 17.1 Å². The van der Waals surface area contributed by atoms with E-state index in [9.17, 15) is 14.4 Å². The Morgan fingerprint density at radius 3 is 2.33 bits per heavy atom. The number of aromatic nitrogens is 2. The van der Waals surface area contributed by atoms with Crippen molar-refractivity contribution in [2.24, 2.45) is 0 Å². The zero-order chi connectivity index (χ0) is 35.7. The lowest BCUT2D eigenvalue weighted by Gasteiger charge is -2.16. The molecule has 0 spiro atoms. The van der Waals surface area contributed by atoms with E-state index in [1.807, 2.05) is 98.8 Å². The second kappa shape index (κ2) is 16.1. The Balaban J connectivity index is 0.000000193. The number of nitrogens with zero attached hydrogens (tertiary/aromatic N) is 3. The first-order valence-electron chi connectivity index (χ1n) is 16.6. The van der Waals surface area contributed by atoms with Crippen LogP contribution in [0.2, 0.25) is 5.02 Å². The summed E-state index contributed by atoms with van der Waals surface area (Å²) < 4.78 is 5.92. The number of carbonyl (C=O) groups is 3. The van der Waals surface area contributed by atoms with Crippen molar-refractivity contribution in [3.63, 3.8) is 0 Å². The van der Waals surface area contributed by atoms with Crippen LogP contribution in [-0.4, -0.2) is 45.7 Å². The van der Waals surface area contributed by atoms with E-state index in [1.54, 1.807) is 24.3 Å². The number of fused-ring (bicyclic) bond motifs is 2. The highest BCUT2D eigenvalue weighted by atomic mass is 35.5. The lowest BCUT2D eigenvalue weighted by Crippen LogP contribution is -2.31. The maximum atomic E-state index is 12.4. The molecule has 2 aliphatic rings. The summed E-state index contributed by atoms with van der Waals surface area (Å²) in [7, 11) is 0. The zero-order valence-electron chi connectivity index (χ0n) is 28.3. The van der Waals surface area contributed by atoms with Crippen molar-refractivity contribution in [1.82, 2.24) is 14.9 Å². The highest BCUT2D eigenvalue weighted by Crippen LogP contribution is 2.25. The summed E-state index contributed by atoms with van der Waals surface area (Å²) in [5.74, 6) is 6.43. The number of anilines is 1. The maximum Gasteiger partial charge on any atom is 0.261 e. The molecular weight excluding hydrogens is 660 g/mol. The predicted octanol–water partition coefficient (Wildman–Crippen LogP) is 7.95. The van der Waals surface area contributed by atoms with Gasteiger partial charge in [-0.1, -0.05) is 53.9 Å². The van der Waals surface area contributed by atoms with E-state index >= 15 is 0 Å². The first kappa shape index (κ1) is 34.8. The van der Waals surface area contributed by atoms with Gasteiger partial charge in [-0.3, -0.25) is 19.3 Å². The summed E-state index contributed by atoms with van der Waals surface area (Å²) in [5, 5.41) is 3.54. The average molecular weight is 695 g/mol. The normalized spacial score (nSPS) is 13.1. The molecular formula is C42H35ClN4O4. The number of carbonyl (C=O) groups excluding carboxylic acids is 3. The first-order valence-corrected chi connectivity index (χ1v) is 17.0. The van der Waals surface area contributed by atoms with Gasteiger partial charge >= 0.3 is 0 Å². The Hall–Kier alpha value is -6.04. The molecule has 3 amide bonds. The quantitative estimate of drug-likeness (QED) is 0.105. The summed E-state index contributed by atoms with van der Waals surface area (Å²) in [6.45, 7) is 4.53. The Morgan fingerprint density at radius 2 is 1.57 bits per heavy atom. The molecule has 0 atom stereocenters. The summed E-state index contributed by atoms with van der Waals surface area (Å²) in [6, 6.07) is 29.9. The van der Waals surface area contributed by atoms with Crippen molar-refractivity contribution in [2.45, 2.75) is 33.1 Å². The molecule has 0 radical (unpaired) electrons. The van der Waals surface area contributed by atoms with Crippen LogP contribution in [-0.2, 0) is 11.2 Å². The minimum Gasteiger partial charge on any atom is -0.491 e. The van der Waals surface area contributed by atoms with Crippen LogP contribution in [0.1, 0.15) is 73.0 Å². The van der Waals surface area contributed by atoms with Gasteiger partial charge in [0.2, 0.25) is 5.91 Å². The minimum absolute atomic E-state index is 0.0836. The van der Waals surface area contributed by atoms with Crippen LogP contribution in [0.3, 0.4) is 0 Å². The molecule has 0 saturated carbocycles. The molecule has 0 fully saturated rings. The summed E-state index contributed by atoms with van der Waals surface area (Å²) >= 11 is 6.05. The molecule has 2 aromatic heterocycles. The molecule has 0 aliphatic carbocycles. The van der Waals surface area contributed by atoms with Crippen LogP contribution in [0.25, 0.3) is 12.2 Å². The van der Waals surface area contributed by atoms with Gasteiger partial charge in [-0.15, -0.1) is 0 Å². The number of pyridine rings is 2. The van der Waals surface area contributed by atoms with Gasteiger partial charge in [0, 0.05) is 40.6 Å². The number of benzene rings is 3. The lowest BCUT2D eigenvalue weighted by molar-refractivity contribution is -0.116. The average Bonchev–Trinajstić information content (AvgIpc) is 3.37. The Bertz CT molecular complexity index is 2180. The number of ether oxygens (including phenoxy) is 1. The molecule has 0 bridgehead atoms. The van der Waals surface area contributed by atoms with Crippen molar-refractivity contribution in [3.05, 3.63) is 153 Å². The molecule has 8 nitrogen and oxygen atoms in total. The number of hydrogen-bond donors (Lipinski definition) is 1. The molecule has 5 aromatic rings. The van der Waals surface area contributed by atoms with E-state index in [-0.39, 0.29) is 17.7 Å². The number of rotatable bonds is 7.